The highest BCUT2D eigenvalue weighted by atomic mass is 31.2. The monoisotopic (exact) mass is 193 g/mol. The van der Waals surface area contributed by atoms with Crippen molar-refractivity contribution >= 4 is 16.0 Å². The molecule has 12 heavy (non-hydrogen) atoms. The first-order valence-corrected chi connectivity index (χ1v) is 5.17. The van der Waals surface area contributed by atoms with E-state index in [1.54, 1.807) is 0 Å². The first-order valence-electron chi connectivity index (χ1n) is 3.60. The van der Waals surface area contributed by atoms with Crippen LogP contribution in [0.2, 0.25) is 0 Å². The molecule has 0 saturated carbocycles. The smallest absolute Gasteiger partial charge is 0.382 e. The van der Waals surface area contributed by atoms with E-state index in [2.05, 4.69) is 4.52 Å². The molecule has 7 heteroatoms. The van der Waals surface area contributed by atoms with Gasteiger partial charge in [0.05, 0.1) is 6.10 Å². The molecule has 1 rings (SSSR count). The van der Waals surface area contributed by atoms with Crippen molar-refractivity contribution in [2.24, 2.45) is 0 Å². The van der Waals surface area contributed by atoms with Gasteiger partial charge in [0.2, 0.25) is 0 Å². The largest absolute Gasteiger partial charge is 0.567 e. The summed E-state index contributed by atoms with van der Waals surface area (Å²) in [6, 6.07) is -0.303. The molecule has 0 aromatic carbocycles. The molecule has 3 N–H and O–H groups in total. The Hall–Kier alpha value is 0.295. The van der Waals surface area contributed by atoms with Gasteiger partial charge in [-0.3, -0.25) is 0 Å². The van der Waals surface area contributed by atoms with Crippen molar-refractivity contribution in [3.05, 3.63) is 0 Å². The summed E-state index contributed by atoms with van der Waals surface area (Å²) in [4.78, 5) is 25.4. The van der Waals surface area contributed by atoms with Gasteiger partial charge in [0.25, 0.3) is 0 Å². The van der Waals surface area contributed by atoms with Gasteiger partial charge in [-0.25, -0.2) is 0 Å². The molecular formula is C5H11BO5P+. The predicted octanol–water partition coefficient (Wildman–Crippen LogP) is -0.669. The van der Waals surface area contributed by atoms with E-state index in [1.165, 1.54) is 0 Å². The number of ether oxygens (including phenoxy) is 1. The Bertz CT molecular complexity index is 149. The highest BCUT2D eigenvalue weighted by Gasteiger charge is 2.35. The number of hydrogen-bond donors (Lipinski definition) is 3. The van der Waals surface area contributed by atoms with Gasteiger partial charge in [-0.1, -0.05) is 0 Å². The maximum Gasteiger partial charge on any atom is 0.567 e. The molecule has 2 unspecified atom stereocenters. The molecule has 0 aromatic heterocycles. The molecule has 0 aromatic rings. The lowest BCUT2D eigenvalue weighted by Gasteiger charge is -2.09. The van der Waals surface area contributed by atoms with Crippen molar-refractivity contribution in [2.75, 3.05) is 6.61 Å². The Morgan fingerprint density at radius 3 is 2.50 bits per heavy atom. The van der Waals surface area contributed by atoms with Gasteiger partial charge in [0, 0.05) is 6.00 Å². The Balaban J connectivity index is 2.16. The molecular weight excluding hydrogens is 182 g/mol. The van der Waals surface area contributed by atoms with E-state index in [0.29, 0.717) is 6.42 Å². The number of rotatable bonds is 3. The minimum Gasteiger partial charge on any atom is -0.382 e. The quantitative estimate of drug-likeness (QED) is 0.409. The van der Waals surface area contributed by atoms with Crippen molar-refractivity contribution in [1.82, 2.24) is 0 Å². The highest BCUT2D eigenvalue weighted by Crippen LogP contribution is 2.46. The van der Waals surface area contributed by atoms with E-state index >= 15 is 0 Å². The van der Waals surface area contributed by atoms with Gasteiger partial charge in [0.1, 0.15) is 14.5 Å². The van der Waals surface area contributed by atoms with Crippen molar-refractivity contribution in [1.29, 1.82) is 0 Å². The zero-order chi connectivity index (χ0) is 9.19. The molecule has 1 saturated heterocycles. The molecule has 0 bridgehead atoms. The van der Waals surface area contributed by atoms with E-state index in [-0.39, 0.29) is 18.7 Å². The van der Waals surface area contributed by atoms with Crippen LogP contribution in [0.5, 0.6) is 0 Å². The van der Waals surface area contributed by atoms with Crippen molar-refractivity contribution < 1.29 is 23.9 Å². The second-order valence-electron chi connectivity index (χ2n) is 2.68. The van der Waals surface area contributed by atoms with Crippen molar-refractivity contribution in [3.8, 4) is 0 Å². The van der Waals surface area contributed by atoms with Crippen LogP contribution in [0, 0.1) is 0 Å². The fraction of sp³-hybridized carbons (Fsp3) is 1.00. The lowest BCUT2D eigenvalue weighted by molar-refractivity contribution is 0.0335. The third-order valence-corrected chi connectivity index (χ3v) is 2.07. The van der Waals surface area contributed by atoms with E-state index in [0.717, 1.165) is 6.42 Å². The molecule has 0 aliphatic carbocycles. The first-order chi connectivity index (χ1) is 5.47. The van der Waals surface area contributed by atoms with Crippen LogP contribution >= 0.6 is 8.17 Å². The van der Waals surface area contributed by atoms with Gasteiger partial charge in [0.15, 0.2) is 0 Å². The van der Waals surface area contributed by atoms with Gasteiger partial charge >= 0.3 is 8.17 Å². The highest BCUT2D eigenvalue weighted by molar-refractivity contribution is 7.53. The van der Waals surface area contributed by atoms with Crippen LogP contribution in [0.4, 0.5) is 0 Å². The molecule has 1 aliphatic rings. The minimum atomic E-state index is -4.11. The third kappa shape index (κ3) is 3.80. The molecule has 1 aliphatic heterocycles. The summed E-state index contributed by atoms with van der Waals surface area (Å²) in [7, 11) is 1.30. The van der Waals surface area contributed by atoms with Crippen LogP contribution in [0.15, 0.2) is 0 Å². The molecule has 2 radical (unpaired) electrons. The summed E-state index contributed by atoms with van der Waals surface area (Å²) in [6.45, 7) is -0.0367. The molecule has 5 nitrogen and oxygen atoms in total. The number of hydrogen-bond acceptors (Lipinski definition) is 5. The Morgan fingerprint density at radius 1 is 1.42 bits per heavy atom. The Kier molecular flexibility index (Phi) is 3.46. The summed E-state index contributed by atoms with van der Waals surface area (Å²) in [5, 5.41) is 0. The van der Waals surface area contributed by atoms with Crippen LogP contribution in [-0.4, -0.2) is 41.2 Å². The SMILES string of the molecule is [B]C1CCC(CO[P+](O)(O)O)O1. The maximum atomic E-state index is 8.46. The van der Waals surface area contributed by atoms with E-state index in [9.17, 15) is 0 Å². The normalized spacial score (nSPS) is 30.9. The summed E-state index contributed by atoms with van der Waals surface area (Å²) in [5.74, 6) is 0. The second kappa shape index (κ2) is 4.00. The average molecular weight is 193 g/mol. The van der Waals surface area contributed by atoms with Gasteiger partial charge in [-0.2, -0.15) is 19.2 Å². The fourth-order valence-corrected chi connectivity index (χ4v) is 1.41. The van der Waals surface area contributed by atoms with Crippen LogP contribution < -0.4 is 0 Å². The van der Waals surface area contributed by atoms with Crippen LogP contribution in [0.25, 0.3) is 0 Å². The summed E-state index contributed by atoms with van der Waals surface area (Å²) < 4.78 is 9.45. The fourth-order valence-electron chi connectivity index (χ4n) is 1.04. The second-order valence-corrected chi connectivity index (χ2v) is 3.97. The Labute approximate surface area is 72.4 Å². The van der Waals surface area contributed by atoms with E-state index in [1.807, 2.05) is 0 Å². The maximum absolute atomic E-state index is 8.46. The summed E-state index contributed by atoms with van der Waals surface area (Å²) in [5.41, 5.74) is 0. The van der Waals surface area contributed by atoms with Crippen LogP contribution in [0.1, 0.15) is 12.8 Å². The van der Waals surface area contributed by atoms with Gasteiger partial charge in [-0.05, 0) is 12.8 Å². The topological polar surface area (TPSA) is 79.2 Å². The molecule has 68 valence electrons. The zero-order valence-electron chi connectivity index (χ0n) is 6.46. The lowest BCUT2D eigenvalue weighted by Crippen LogP contribution is -2.17. The van der Waals surface area contributed by atoms with Crippen LogP contribution in [-0.2, 0) is 9.26 Å². The van der Waals surface area contributed by atoms with E-state index < -0.39 is 8.17 Å². The summed E-state index contributed by atoms with van der Waals surface area (Å²) >= 11 is 0. The molecule has 1 fully saturated rings. The standard InChI is InChI=1S/C5H11BO5P/c6-5-2-1-4(11-5)3-10-12(7,8)9/h4-5,7-9H,1-3H2/q+1. The average Bonchev–Trinajstić information content (AvgIpc) is 2.30. The third-order valence-electron chi connectivity index (χ3n) is 1.57. The van der Waals surface area contributed by atoms with Gasteiger partial charge in [-0.15, -0.1) is 0 Å². The minimum absolute atomic E-state index is 0.0367. The molecule has 0 spiro atoms. The first kappa shape index (κ1) is 10.4. The summed E-state index contributed by atoms with van der Waals surface area (Å²) in [6.07, 6.45) is 1.19. The molecule has 2 atom stereocenters. The molecule has 1 heterocycles. The van der Waals surface area contributed by atoms with Crippen molar-refractivity contribution in [3.63, 3.8) is 0 Å². The predicted molar refractivity (Wildman–Crippen MR) is 43.2 cm³/mol. The lowest BCUT2D eigenvalue weighted by atomic mass is 9.97. The van der Waals surface area contributed by atoms with Gasteiger partial charge < -0.3 is 4.74 Å². The van der Waals surface area contributed by atoms with Crippen LogP contribution in [0.3, 0.4) is 0 Å². The zero-order valence-corrected chi connectivity index (χ0v) is 7.35. The molecule has 0 amide bonds. The van der Waals surface area contributed by atoms with Crippen molar-refractivity contribution in [2.45, 2.75) is 24.9 Å². The Morgan fingerprint density at radius 2 is 2.08 bits per heavy atom. The van der Waals surface area contributed by atoms with E-state index in [4.69, 9.17) is 27.3 Å².